The second kappa shape index (κ2) is 19.1. The lowest BCUT2D eigenvalue weighted by atomic mass is 9.93. The van der Waals surface area contributed by atoms with Crippen LogP contribution in [0.2, 0.25) is 0 Å². The maximum absolute atomic E-state index is 13.8. The highest BCUT2D eigenvalue weighted by molar-refractivity contribution is 5.94. The van der Waals surface area contributed by atoms with Gasteiger partial charge < -0.3 is 44.6 Å². The third-order valence-corrected chi connectivity index (χ3v) is 7.70. The molecule has 46 heavy (non-hydrogen) atoms. The van der Waals surface area contributed by atoms with E-state index in [-0.39, 0.29) is 31.8 Å². The van der Waals surface area contributed by atoms with E-state index in [1.54, 1.807) is 0 Å². The minimum absolute atomic E-state index is 0.0917. The smallest absolute Gasteiger partial charge is 0.243 e. The summed E-state index contributed by atoms with van der Waals surface area (Å²) in [6.45, 7) is 6.52. The first-order chi connectivity index (χ1) is 21.8. The Kier molecular flexibility index (Phi) is 15.7. The number of nitrogens with two attached hydrogens (primary N) is 5. The third-order valence-electron chi connectivity index (χ3n) is 7.70. The maximum atomic E-state index is 13.8. The van der Waals surface area contributed by atoms with Crippen molar-refractivity contribution < 1.29 is 19.2 Å². The van der Waals surface area contributed by atoms with Crippen molar-refractivity contribution in [3.05, 3.63) is 70.3 Å². The number of rotatable bonds is 19. The van der Waals surface area contributed by atoms with Crippen molar-refractivity contribution in [1.82, 2.24) is 16.0 Å². The summed E-state index contributed by atoms with van der Waals surface area (Å²) in [5.41, 5.74) is 33.0. The molecule has 0 aromatic heterocycles. The number of amides is 4. The summed E-state index contributed by atoms with van der Waals surface area (Å²) >= 11 is 0. The summed E-state index contributed by atoms with van der Waals surface area (Å²) in [7, 11) is 0. The molecule has 0 aliphatic carbocycles. The molecule has 0 heterocycles. The number of aliphatic imine (C=N–C) groups is 1. The summed E-state index contributed by atoms with van der Waals surface area (Å²) in [5, 5.41) is 8.30. The van der Waals surface area contributed by atoms with Crippen LogP contribution in [0.4, 0.5) is 0 Å². The first-order valence-corrected chi connectivity index (χ1v) is 15.6. The zero-order valence-electron chi connectivity index (χ0n) is 27.2. The minimum Gasteiger partial charge on any atom is -0.370 e. The molecule has 4 amide bonds. The number of aryl methyl sites for hydroxylation is 3. The first-order valence-electron chi connectivity index (χ1n) is 15.6. The number of hydrogen-bond acceptors (Lipinski definition) is 7. The van der Waals surface area contributed by atoms with E-state index < -0.39 is 47.8 Å². The van der Waals surface area contributed by atoms with Gasteiger partial charge in [-0.2, -0.15) is 0 Å². The van der Waals surface area contributed by atoms with Crippen LogP contribution < -0.4 is 44.6 Å². The van der Waals surface area contributed by atoms with Crippen LogP contribution in [0.25, 0.3) is 0 Å². The lowest BCUT2D eigenvalue weighted by Crippen LogP contribution is -2.58. The van der Waals surface area contributed by atoms with Gasteiger partial charge in [-0.25, -0.2) is 0 Å². The van der Waals surface area contributed by atoms with Crippen LogP contribution in [0.1, 0.15) is 59.9 Å². The Labute approximate surface area is 271 Å². The molecule has 0 spiro atoms. The monoisotopic (exact) mass is 637 g/mol. The molecule has 13 nitrogen and oxygen atoms in total. The van der Waals surface area contributed by atoms with Crippen molar-refractivity contribution in [3.63, 3.8) is 0 Å². The Balaban J connectivity index is 2.34. The summed E-state index contributed by atoms with van der Waals surface area (Å²) in [5.74, 6) is -2.46. The number of unbranched alkanes of at least 4 members (excludes halogenated alkanes) is 1. The molecule has 13 N–H and O–H groups in total. The summed E-state index contributed by atoms with van der Waals surface area (Å²) in [4.78, 5) is 56.8. The second-order valence-corrected chi connectivity index (χ2v) is 11.7. The highest BCUT2D eigenvalue weighted by atomic mass is 16.2. The van der Waals surface area contributed by atoms with E-state index in [0.717, 1.165) is 27.8 Å². The third kappa shape index (κ3) is 12.9. The molecule has 0 aliphatic rings. The van der Waals surface area contributed by atoms with Gasteiger partial charge in [-0.15, -0.1) is 0 Å². The van der Waals surface area contributed by atoms with Gasteiger partial charge in [0.05, 0.1) is 6.04 Å². The Morgan fingerprint density at radius 2 is 1.30 bits per heavy atom. The highest BCUT2D eigenvalue weighted by Crippen LogP contribution is 2.19. The predicted octanol–water partition coefficient (Wildman–Crippen LogP) is -0.153. The molecule has 2 rings (SSSR count). The Hall–Kier alpha value is -4.49. The fourth-order valence-electron chi connectivity index (χ4n) is 5.28. The average molecular weight is 638 g/mol. The van der Waals surface area contributed by atoms with Crippen molar-refractivity contribution in [1.29, 1.82) is 0 Å². The number of guanidine groups is 1. The van der Waals surface area contributed by atoms with Crippen molar-refractivity contribution in [2.45, 2.75) is 89.9 Å². The Morgan fingerprint density at radius 3 is 1.89 bits per heavy atom. The molecule has 2 aromatic carbocycles. The molecule has 4 atom stereocenters. The minimum atomic E-state index is -1.08. The van der Waals surface area contributed by atoms with Crippen molar-refractivity contribution in [2.24, 2.45) is 33.7 Å². The van der Waals surface area contributed by atoms with Crippen LogP contribution >= 0.6 is 0 Å². The van der Waals surface area contributed by atoms with E-state index in [1.165, 1.54) is 0 Å². The van der Waals surface area contributed by atoms with Gasteiger partial charge in [-0.05, 0) is 88.1 Å². The Bertz CT molecular complexity index is 1320. The van der Waals surface area contributed by atoms with E-state index in [4.69, 9.17) is 28.7 Å². The molecule has 0 radical (unpaired) electrons. The number of carbonyl (C=O) groups excluding carboxylic acids is 4. The molecule has 0 bridgehead atoms. The maximum Gasteiger partial charge on any atom is 0.243 e. The van der Waals surface area contributed by atoms with Gasteiger partial charge in [-0.1, -0.05) is 48.0 Å². The van der Waals surface area contributed by atoms with Gasteiger partial charge in [0.15, 0.2) is 5.96 Å². The average Bonchev–Trinajstić information content (AvgIpc) is 2.99. The Morgan fingerprint density at radius 1 is 0.739 bits per heavy atom. The molecule has 0 saturated carbocycles. The lowest BCUT2D eigenvalue weighted by Gasteiger charge is -2.26. The predicted molar refractivity (Wildman–Crippen MR) is 180 cm³/mol. The van der Waals surface area contributed by atoms with Gasteiger partial charge >= 0.3 is 0 Å². The number of hydrogen-bond donors (Lipinski definition) is 8. The number of carbonyl (C=O) groups is 4. The van der Waals surface area contributed by atoms with Crippen molar-refractivity contribution in [2.75, 3.05) is 13.1 Å². The normalized spacial score (nSPS) is 13.5. The molecular weight excluding hydrogens is 586 g/mol. The van der Waals surface area contributed by atoms with Crippen LogP contribution in [0.15, 0.2) is 47.5 Å². The summed E-state index contributed by atoms with van der Waals surface area (Å²) in [6.07, 6.45) is 2.51. The molecule has 0 aliphatic heterocycles. The zero-order valence-corrected chi connectivity index (χ0v) is 27.2. The molecule has 252 valence electrons. The quantitative estimate of drug-likeness (QED) is 0.0583. The van der Waals surface area contributed by atoms with E-state index in [0.29, 0.717) is 32.2 Å². The molecule has 13 heteroatoms. The zero-order chi connectivity index (χ0) is 34.2. The number of primary amides is 1. The second-order valence-electron chi connectivity index (χ2n) is 11.7. The fourth-order valence-corrected chi connectivity index (χ4v) is 5.28. The number of nitrogens with one attached hydrogen (secondary N) is 3. The molecule has 4 unspecified atom stereocenters. The fraction of sp³-hybridized carbons (Fsp3) is 0.485. The van der Waals surface area contributed by atoms with E-state index in [1.807, 2.05) is 63.2 Å². The molecule has 2 aromatic rings. The summed E-state index contributed by atoms with van der Waals surface area (Å²) < 4.78 is 0. The van der Waals surface area contributed by atoms with Crippen LogP contribution in [-0.4, -0.2) is 66.8 Å². The number of benzene rings is 2. The molecule has 0 fully saturated rings. The first kappa shape index (κ1) is 37.7. The van der Waals surface area contributed by atoms with Gasteiger partial charge in [0.1, 0.15) is 18.1 Å². The van der Waals surface area contributed by atoms with Gasteiger partial charge in [0.25, 0.3) is 0 Å². The largest absolute Gasteiger partial charge is 0.370 e. The molecule has 0 saturated heterocycles. The highest BCUT2D eigenvalue weighted by Gasteiger charge is 2.30. The molecular formula is C33H51N9O4. The standard InChI is InChI=1S/C33H51N9O4/c1-20-16-21(2)24(22(3)17-20)19-28(32(46)40-26(29(36)43)12-7-8-14-34)42-31(45)27(13-9-15-39-33(37)38)41-30(44)25(35)18-23-10-5-4-6-11-23/h4-6,10-11,16-17,25-28H,7-9,12-15,18-19,34-35H2,1-3H3,(H2,36,43)(H,40,46)(H,41,44)(H,42,45)(H4,37,38,39). The van der Waals surface area contributed by atoms with Crippen molar-refractivity contribution >= 4 is 29.6 Å². The van der Waals surface area contributed by atoms with Crippen LogP contribution in [0.5, 0.6) is 0 Å². The van der Waals surface area contributed by atoms with E-state index in [9.17, 15) is 19.2 Å². The van der Waals surface area contributed by atoms with E-state index >= 15 is 0 Å². The van der Waals surface area contributed by atoms with Gasteiger partial charge in [0, 0.05) is 13.0 Å². The topological polar surface area (TPSA) is 247 Å². The van der Waals surface area contributed by atoms with E-state index in [2.05, 4.69) is 20.9 Å². The van der Waals surface area contributed by atoms with Crippen LogP contribution in [0.3, 0.4) is 0 Å². The van der Waals surface area contributed by atoms with Gasteiger partial charge in [-0.3, -0.25) is 24.2 Å². The summed E-state index contributed by atoms with van der Waals surface area (Å²) in [6, 6.07) is 9.30. The van der Waals surface area contributed by atoms with Crippen molar-refractivity contribution in [3.8, 4) is 0 Å². The van der Waals surface area contributed by atoms with Crippen LogP contribution in [0, 0.1) is 20.8 Å². The SMILES string of the molecule is Cc1cc(C)c(CC(NC(=O)C(CCCN=C(N)N)NC(=O)C(N)Cc2ccccc2)C(=O)NC(CCCCN)C(N)=O)c(C)c1. The van der Waals surface area contributed by atoms with Crippen LogP contribution in [-0.2, 0) is 32.0 Å². The number of nitrogens with zero attached hydrogens (tertiary/aromatic N) is 1. The lowest BCUT2D eigenvalue weighted by molar-refractivity contribution is -0.133. The van der Waals surface area contributed by atoms with Gasteiger partial charge in [0.2, 0.25) is 23.6 Å².